The number of aliphatic hydroxyl groups is 1. The number of carbonyl (C=O) groups is 1. The van der Waals surface area contributed by atoms with Crippen LogP contribution in [0.4, 0.5) is 0 Å². The number of nitrogens with two attached hydrogens (primary N) is 1. The molecule has 4 atom stereocenters. The lowest BCUT2D eigenvalue weighted by molar-refractivity contribution is -0.127. The zero-order valence-corrected chi connectivity index (χ0v) is 23.9. The van der Waals surface area contributed by atoms with Crippen LogP contribution < -0.4 is 20.5 Å². The summed E-state index contributed by atoms with van der Waals surface area (Å²) in [5, 5.41) is 14.0. The van der Waals surface area contributed by atoms with Gasteiger partial charge in [0.15, 0.2) is 11.5 Å². The third-order valence-electron chi connectivity index (χ3n) is 7.17. The van der Waals surface area contributed by atoms with Gasteiger partial charge in [-0.1, -0.05) is 33.8 Å². The molecule has 1 aromatic heterocycles. The predicted molar refractivity (Wildman–Crippen MR) is 149 cm³/mol. The molecule has 0 aliphatic rings. The van der Waals surface area contributed by atoms with Gasteiger partial charge in [0.25, 0.3) is 0 Å². The Balaban J connectivity index is 2.00. The summed E-state index contributed by atoms with van der Waals surface area (Å²) >= 11 is 0. The smallest absolute Gasteiger partial charge is 0.223 e. The van der Waals surface area contributed by atoms with Gasteiger partial charge in [0, 0.05) is 44.2 Å². The Morgan fingerprint density at radius 3 is 2.39 bits per heavy atom. The highest BCUT2D eigenvalue weighted by Gasteiger charge is 2.29. The van der Waals surface area contributed by atoms with Gasteiger partial charge in [-0.3, -0.25) is 4.79 Å². The van der Waals surface area contributed by atoms with E-state index in [4.69, 9.17) is 24.4 Å². The average Bonchev–Trinajstić information content (AvgIpc) is 3.41. The maximum atomic E-state index is 12.9. The minimum atomic E-state index is -0.779. The molecule has 0 bridgehead atoms. The Bertz CT molecular complexity index is 931. The lowest BCUT2D eigenvalue weighted by Crippen LogP contribution is -2.42. The van der Waals surface area contributed by atoms with Crippen molar-refractivity contribution in [1.82, 2.24) is 5.32 Å². The SMILES string of the molecule is COCCCOc1cc(CC(CC(N)C(O)CC(C(=O)NCc2ccoc2)C(C)C)C(C)C)ccc1OC. The fraction of sp³-hybridized carbons (Fsp3) is 0.633. The Labute approximate surface area is 228 Å². The molecule has 2 aromatic rings. The van der Waals surface area contributed by atoms with Crippen molar-refractivity contribution in [3.63, 3.8) is 0 Å². The number of methoxy groups -OCH3 is 2. The van der Waals surface area contributed by atoms with E-state index in [1.54, 1.807) is 26.7 Å². The zero-order valence-electron chi connectivity index (χ0n) is 23.9. The fourth-order valence-electron chi connectivity index (χ4n) is 4.58. The van der Waals surface area contributed by atoms with Gasteiger partial charge in [0.2, 0.25) is 5.91 Å². The summed E-state index contributed by atoms with van der Waals surface area (Å²) in [7, 11) is 3.31. The van der Waals surface area contributed by atoms with Crippen LogP contribution in [0, 0.1) is 23.7 Å². The van der Waals surface area contributed by atoms with E-state index in [0.717, 1.165) is 24.0 Å². The molecular weight excluding hydrogens is 484 g/mol. The molecule has 1 heterocycles. The van der Waals surface area contributed by atoms with Gasteiger partial charge in [-0.15, -0.1) is 0 Å². The monoisotopic (exact) mass is 532 g/mol. The van der Waals surface area contributed by atoms with Crippen molar-refractivity contribution in [3.05, 3.63) is 47.9 Å². The van der Waals surface area contributed by atoms with Gasteiger partial charge in [-0.25, -0.2) is 0 Å². The molecule has 0 saturated carbocycles. The highest BCUT2D eigenvalue weighted by molar-refractivity contribution is 5.78. The molecule has 4 N–H and O–H groups in total. The maximum absolute atomic E-state index is 12.9. The lowest BCUT2D eigenvalue weighted by Gasteiger charge is -2.30. The number of benzene rings is 1. The van der Waals surface area contributed by atoms with Crippen molar-refractivity contribution in [1.29, 1.82) is 0 Å². The van der Waals surface area contributed by atoms with Crippen LogP contribution in [0.25, 0.3) is 0 Å². The third-order valence-corrected chi connectivity index (χ3v) is 7.17. The minimum absolute atomic E-state index is 0.0729. The molecule has 214 valence electrons. The largest absolute Gasteiger partial charge is 0.493 e. The molecule has 0 spiro atoms. The first-order valence-corrected chi connectivity index (χ1v) is 13.7. The van der Waals surface area contributed by atoms with Crippen LogP contribution in [0.5, 0.6) is 11.5 Å². The molecule has 0 aliphatic heterocycles. The number of ether oxygens (including phenoxy) is 3. The normalized spacial score (nSPS) is 14.8. The molecule has 0 radical (unpaired) electrons. The summed E-state index contributed by atoms with van der Waals surface area (Å²) < 4.78 is 21.6. The van der Waals surface area contributed by atoms with Gasteiger partial charge >= 0.3 is 0 Å². The summed E-state index contributed by atoms with van der Waals surface area (Å²) in [6, 6.07) is 7.40. The molecular formula is C30H48N2O6. The number of aliphatic hydroxyl groups excluding tert-OH is 1. The van der Waals surface area contributed by atoms with Crippen LogP contribution in [0.3, 0.4) is 0 Å². The molecule has 1 aromatic carbocycles. The van der Waals surface area contributed by atoms with E-state index in [9.17, 15) is 9.90 Å². The van der Waals surface area contributed by atoms with Crippen LogP contribution in [0.2, 0.25) is 0 Å². The van der Waals surface area contributed by atoms with Crippen LogP contribution in [-0.2, 0) is 22.5 Å². The zero-order chi connectivity index (χ0) is 28.1. The molecule has 2 rings (SSSR count). The molecule has 0 fully saturated rings. The Morgan fingerprint density at radius 2 is 1.79 bits per heavy atom. The summed E-state index contributed by atoms with van der Waals surface area (Å²) in [6.45, 7) is 9.93. The fourth-order valence-corrected chi connectivity index (χ4v) is 4.58. The van der Waals surface area contributed by atoms with Gasteiger partial charge < -0.3 is 34.8 Å². The summed E-state index contributed by atoms with van der Waals surface area (Å²) in [6.07, 6.45) is 4.98. The van der Waals surface area contributed by atoms with Gasteiger partial charge in [-0.2, -0.15) is 0 Å². The average molecular weight is 533 g/mol. The number of hydrogen-bond donors (Lipinski definition) is 3. The summed E-state index contributed by atoms with van der Waals surface area (Å²) in [4.78, 5) is 12.9. The van der Waals surface area contributed by atoms with Crippen molar-refractivity contribution >= 4 is 5.91 Å². The standard InChI is InChI=1S/C30H48N2O6/c1-20(2)24(14-22-8-9-28(36-6)29(15-22)38-12-7-11-35-5)16-26(31)27(33)17-25(21(3)4)30(34)32-18-23-10-13-37-19-23/h8-10,13,15,19-21,24-27,33H,7,11-12,14,16-18,31H2,1-6H3,(H,32,34). The molecule has 1 amide bonds. The number of amides is 1. The van der Waals surface area contributed by atoms with Crippen molar-refractivity contribution in [2.75, 3.05) is 27.4 Å². The van der Waals surface area contributed by atoms with Crippen molar-refractivity contribution in [2.24, 2.45) is 29.4 Å². The van der Waals surface area contributed by atoms with Gasteiger partial charge in [0.05, 0.1) is 32.3 Å². The van der Waals surface area contributed by atoms with Crippen LogP contribution in [0.1, 0.15) is 58.1 Å². The number of rotatable bonds is 18. The van der Waals surface area contributed by atoms with Crippen LogP contribution in [0.15, 0.2) is 41.2 Å². The molecule has 0 aliphatic carbocycles. The van der Waals surface area contributed by atoms with Crippen molar-refractivity contribution in [3.8, 4) is 11.5 Å². The van der Waals surface area contributed by atoms with E-state index < -0.39 is 12.1 Å². The maximum Gasteiger partial charge on any atom is 0.223 e. The number of carbonyl (C=O) groups excluding carboxylic acids is 1. The van der Waals surface area contributed by atoms with Gasteiger partial charge in [-0.05, 0) is 60.8 Å². The van der Waals surface area contributed by atoms with E-state index in [2.05, 4.69) is 25.2 Å². The van der Waals surface area contributed by atoms with E-state index >= 15 is 0 Å². The number of furan rings is 1. The molecule has 8 heteroatoms. The second-order valence-corrected chi connectivity index (χ2v) is 10.8. The van der Waals surface area contributed by atoms with E-state index in [1.165, 1.54) is 0 Å². The van der Waals surface area contributed by atoms with E-state index in [1.807, 2.05) is 32.0 Å². The molecule has 8 nitrogen and oxygen atoms in total. The Kier molecular flexibility index (Phi) is 13.7. The first-order chi connectivity index (χ1) is 18.2. The Hall–Kier alpha value is -2.55. The Morgan fingerprint density at radius 1 is 1.03 bits per heavy atom. The summed E-state index contributed by atoms with van der Waals surface area (Å²) in [5.74, 6) is 1.69. The quantitative estimate of drug-likeness (QED) is 0.241. The van der Waals surface area contributed by atoms with Crippen molar-refractivity contribution < 1.29 is 28.5 Å². The second kappa shape index (κ2) is 16.4. The predicted octanol–water partition coefficient (Wildman–Crippen LogP) is 4.58. The highest BCUT2D eigenvalue weighted by atomic mass is 16.5. The van der Waals surface area contributed by atoms with Crippen LogP contribution >= 0.6 is 0 Å². The number of nitrogens with one attached hydrogen (secondary N) is 1. The minimum Gasteiger partial charge on any atom is -0.493 e. The van der Waals surface area contributed by atoms with Crippen LogP contribution in [-0.4, -0.2) is 50.6 Å². The van der Waals surface area contributed by atoms with E-state index in [0.29, 0.717) is 50.0 Å². The first kappa shape index (κ1) is 31.7. The lowest BCUT2D eigenvalue weighted by atomic mass is 9.81. The molecule has 0 saturated heterocycles. The van der Waals surface area contributed by atoms with Gasteiger partial charge in [0.1, 0.15) is 0 Å². The highest BCUT2D eigenvalue weighted by Crippen LogP contribution is 2.31. The topological polar surface area (TPSA) is 116 Å². The third kappa shape index (κ3) is 10.3. The van der Waals surface area contributed by atoms with Crippen molar-refractivity contribution in [2.45, 2.75) is 72.1 Å². The molecule has 38 heavy (non-hydrogen) atoms. The molecule has 4 unspecified atom stereocenters. The van der Waals surface area contributed by atoms with E-state index in [-0.39, 0.29) is 23.7 Å². The first-order valence-electron chi connectivity index (χ1n) is 13.7. The number of hydrogen-bond acceptors (Lipinski definition) is 7. The second-order valence-electron chi connectivity index (χ2n) is 10.8. The summed E-state index contributed by atoms with van der Waals surface area (Å²) in [5.41, 5.74) is 8.56.